The first-order chi connectivity index (χ1) is 6.77. The van der Waals surface area contributed by atoms with Crippen LogP contribution in [0.2, 0.25) is 0 Å². The number of benzene rings is 1. The Morgan fingerprint density at radius 2 is 2.21 bits per heavy atom. The molecule has 0 aliphatic heterocycles. The van der Waals surface area contributed by atoms with E-state index in [9.17, 15) is 10.1 Å². The van der Waals surface area contributed by atoms with Crippen LogP contribution < -0.4 is 0 Å². The molecule has 3 aliphatic rings. The first-order valence-corrected chi connectivity index (χ1v) is 5.05. The van der Waals surface area contributed by atoms with Gasteiger partial charge in [0.2, 0.25) is 0 Å². The largest absolute Gasteiger partial charge is 0.269 e. The summed E-state index contributed by atoms with van der Waals surface area (Å²) < 4.78 is 0. The molecule has 0 heterocycles. The predicted octanol–water partition coefficient (Wildman–Crippen LogP) is 2.43. The van der Waals surface area contributed by atoms with E-state index in [0.29, 0.717) is 5.92 Å². The third-order valence-corrected chi connectivity index (χ3v) is 4.26. The highest BCUT2D eigenvalue weighted by atomic mass is 16.6. The van der Waals surface area contributed by atoms with E-state index in [1.54, 1.807) is 12.1 Å². The molecule has 0 saturated heterocycles. The molecule has 14 heavy (non-hydrogen) atoms. The van der Waals surface area contributed by atoms with Gasteiger partial charge in [-0.05, 0) is 41.2 Å². The molecule has 2 saturated carbocycles. The number of hydrogen-bond acceptors (Lipinski definition) is 2. The SMILES string of the molecule is O=[N+]([O-])c1ccc2c(c1)[C@@H]1C[C@@H]3[C@@H]2[C@@H]31. The Kier molecular flexibility index (Phi) is 0.923. The van der Waals surface area contributed by atoms with Crippen molar-refractivity contribution in [2.24, 2.45) is 11.8 Å². The zero-order chi connectivity index (χ0) is 9.45. The molecule has 2 fully saturated rings. The summed E-state index contributed by atoms with van der Waals surface area (Å²) in [6, 6.07) is 5.42. The van der Waals surface area contributed by atoms with E-state index in [1.165, 1.54) is 17.5 Å². The Balaban J connectivity index is 1.90. The average Bonchev–Trinajstić information content (AvgIpc) is 2.62. The van der Waals surface area contributed by atoms with Crippen molar-refractivity contribution in [2.45, 2.75) is 18.3 Å². The normalized spacial score (nSPS) is 39.7. The summed E-state index contributed by atoms with van der Waals surface area (Å²) in [4.78, 5) is 10.3. The summed E-state index contributed by atoms with van der Waals surface area (Å²) in [5.74, 6) is 3.25. The van der Waals surface area contributed by atoms with Crippen molar-refractivity contribution >= 4 is 5.69 Å². The molecule has 4 rings (SSSR count). The van der Waals surface area contributed by atoms with Crippen LogP contribution in [-0.2, 0) is 0 Å². The van der Waals surface area contributed by atoms with E-state index >= 15 is 0 Å². The molecular weight excluding hydrogens is 178 g/mol. The van der Waals surface area contributed by atoms with Gasteiger partial charge in [-0.25, -0.2) is 0 Å². The second-order valence-corrected chi connectivity index (χ2v) is 4.68. The smallest absolute Gasteiger partial charge is 0.258 e. The van der Waals surface area contributed by atoms with Gasteiger partial charge in [-0.2, -0.15) is 0 Å². The lowest BCUT2D eigenvalue weighted by molar-refractivity contribution is -0.385. The second kappa shape index (κ2) is 1.85. The second-order valence-electron chi connectivity index (χ2n) is 4.68. The van der Waals surface area contributed by atoms with Crippen molar-refractivity contribution in [3.8, 4) is 0 Å². The van der Waals surface area contributed by atoms with Crippen LogP contribution in [0.25, 0.3) is 0 Å². The maximum atomic E-state index is 10.6. The lowest BCUT2D eigenvalue weighted by atomic mass is 9.78. The number of non-ortho nitro benzene ring substituents is 1. The maximum Gasteiger partial charge on any atom is 0.269 e. The molecule has 1 aromatic carbocycles. The third kappa shape index (κ3) is 0.567. The monoisotopic (exact) mass is 187 g/mol. The van der Waals surface area contributed by atoms with Crippen LogP contribution in [-0.4, -0.2) is 4.92 Å². The number of fused-ring (bicyclic) bond motifs is 4. The maximum absolute atomic E-state index is 10.6. The summed E-state index contributed by atoms with van der Waals surface area (Å²) in [6.07, 6.45) is 1.28. The van der Waals surface area contributed by atoms with Gasteiger partial charge in [0.15, 0.2) is 0 Å². The minimum absolute atomic E-state index is 0.258. The summed E-state index contributed by atoms with van der Waals surface area (Å²) in [5, 5.41) is 10.6. The Morgan fingerprint density at radius 1 is 1.36 bits per heavy atom. The number of nitrogens with zero attached hydrogens (tertiary/aromatic N) is 1. The molecule has 1 aromatic rings. The molecule has 3 aliphatic carbocycles. The molecule has 3 nitrogen and oxygen atoms in total. The van der Waals surface area contributed by atoms with Gasteiger partial charge in [-0.15, -0.1) is 0 Å². The zero-order valence-electron chi connectivity index (χ0n) is 7.51. The first-order valence-electron chi connectivity index (χ1n) is 5.05. The van der Waals surface area contributed by atoms with Crippen LogP contribution in [0.5, 0.6) is 0 Å². The molecule has 4 atom stereocenters. The minimum Gasteiger partial charge on any atom is -0.258 e. The molecule has 3 heteroatoms. The Morgan fingerprint density at radius 3 is 3.00 bits per heavy atom. The van der Waals surface area contributed by atoms with Crippen LogP contribution in [0, 0.1) is 22.0 Å². The van der Waals surface area contributed by atoms with Crippen molar-refractivity contribution in [2.75, 3.05) is 0 Å². The fraction of sp³-hybridized carbons (Fsp3) is 0.455. The van der Waals surface area contributed by atoms with Gasteiger partial charge in [0.05, 0.1) is 4.92 Å². The highest BCUT2D eigenvalue weighted by molar-refractivity contribution is 5.55. The summed E-state index contributed by atoms with van der Waals surface area (Å²) in [5.41, 5.74) is 2.94. The van der Waals surface area contributed by atoms with Gasteiger partial charge in [0.25, 0.3) is 5.69 Å². The first kappa shape index (κ1) is 6.98. The Bertz CT molecular complexity index is 468. The van der Waals surface area contributed by atoms with Crippen LogP contribution >= 0.6 is 0 Å². The molecule has 0 unspecified atom stereocenters. The van der Waals surface area contributed by atoms with Crippen LogP contribution in [0.3, 0.4) is 0 Å². The van der Waals surface area contributed by atoms with Gasteiger partial charge in [0, 0.05) is 12.1 Å². The molecule has 0 bridgehead atoms. The summed E-state index contributed by atoms with van der Waals surface area (Å²) in [6.45, 7) is 0. The lowest BCUT2D eigenvalue weighted by Crippen LogP contribution is -2.14. The van der Waals surface area contributed by atoms with Crippen molar-refractivity contribution in [3.05, 3.63) is 39.4 Å². The molecule has 0 amide bonds. The van der Waals surface area contributed by atoms with Gasteiger partial charge in [-0.3, -0.25) is 10.1 Å². The van der Waals surface area contributed by atoms with Crippen molar-refractivity contribution < 1.29 is 4.92 Å². The highest BCUT2D eigenvalue weighted by Gasteiger charge is 2.68. The number of nitro benzene ring substituents is 1. The van der Waals surface area contributed by atoms with Crippen molar-refractivity contribution in [1.29, 1.82) is 0 Å². The predicted molar refractivity (Wildman–Crippen MR) is 50.2 cm³/mol. The quantitative estimate of drug-likeness (QED) is 0.500. The number of nitro groups is 1. The van der Waals surface area contributed by atoms with Crippen LogP contribution in [0.15, 0.2) is 18.2 Å². The van der Waals surface area contributed by atoms with Crippen LogP contribution in [0.4, 0.5) is 5.69 Å². The van der Waals surface area contributed by atoms with Gasteiger partial charge in [-0.1, -0.05) is 6.07 Å². The fourth-order valence-corrected chi connectivity index (χ4v) is 3.58. The van der Waals surface area contributed by atoms with Gasteiger partial charge in [0.1, 0.15) is 0 Å². The van der Waals surface area contributed by atoms with E-state index in [1.807, 2.05) is 6.07 Å². The average molecular weight is 187 g/mol. The minimum atomic E-state index is -0.291. The lowest BCUT2D eigenvalue weighted by Gasteiger charge is -2.26. The zero-order valence-corrected chi connectivity index (χ0v) is 7.51. The van der Waals surface area contributed by atoms with E-state index in [4.69, 9.17) is 0 Å². The van der Waals surface area contributed by atoms with Gasteiger partial charge < -0.3 is 0 Å². The fourth-order valence-electron chi connectivity index (χ4n) is 3.58. The summed E-state index contributed by atoms with van der Waals surface area (Å²) >= 11 is 0. The Labute approximate surface area is 80.9 Å². The van der Waals surface area contributed by atoms with Gasteiger partial charge >= 0.3 is 0 Å². The summed E-state index contributed by atoms with van der Waals surface area (Å²) in [7, 11) is 0. The molecular formula is C11H9NO2. The molecule has 70 valence electrons. The molecule has 0 aromatic heterocycles. The van der Waals surface area contributed by atoms with Crippen molar-refractivity contribution in [3.63, 3.8) is 0 Å². The van der Waals surface area contributed by atoms with E-state index in [0.717, 1.165) is 17.8 Å². The van der Waals surface area contributed by atoms with E-state index in [2.05, 4.69) is 0 Å². The molecule has 0 N–H and O–H groups in total. The number of rotatable bonds is 1. The molecule has 0 spiro atoms. The molecule has 0 radical (unpaired) electrons. The standard InChI is InChI=1S/C11H9NO2/c13-12(14)5-1-2-6-7(3-5)8-4-9-10(6)11(8)9/h1-3,8-11H,4H2/t8-,9+,10+,11+/m0/s1. The van der Waals surface area contributed by atoms with E-state index < -0.39 is 0 Å². The van der Waals surface area contributed by atoms with Crippen LogP contribution in [0.1, 0.15) is 29.4 Å². The topological polar surface area (TPSA) is 43.1 Å². The highest BCUT2D eigenvalue weighted by Crippen LogP contribution is 2.78. The Hall–Kier alpha value is -1.38. The van der Waals surface area contributed by atoms with E-state index in [-0.39, 0.29) is 10.6 Å². The third-order valence-electron chi connectivity index (χ3n) is 4.26. The number of hydrogen-bond donors (Lipinski definition) is 0. The van der Waals surface area contributed by atoms with Crippen molar-refractivity contribution in [1.82, 2.24) is 0 Å².